The topological polar surface area (TPSA) is 97.7 Å². The molecule has 0 aromatic heterocycles. The largest absolute Gasteiger partial charge is 0.493 e. The number of hydrazone groups is 1. The van der Waals surface area contributed by atoms with Gasteiger partial charge < -0.3 is 14.2 Å². The van der Waals surface area contributed by atoms with Gasteiger partial charge in [0, 0.05) is 36.6 Å². The number of carbonyl (C=O) groups excluding carboxylic acids is 1. The van der Waals surface area contributed by atoms with Crippen molar-refractivity contribution in [2.45, 2.75) is 43.6 Å². The van der Waals surface area contributed by atoms with Crippen molar-refractivity contribution in [3.8, 4) is 11.5 Å². The van der Waals surface area contributed by atoms with E-state index in [0.29, 0.717) is 50.6 Å². The van der Waals surface area contributed by atoms with Crippen LogP contribution in [0.5, 0.6) is 11.5 Å². The molecular weight excluding hydrogens is 518 g/mol. The summed E-state index contributed by atoms with van der Waals surface area (Å²) < 4.78 is 44.8. The summed E-state index contributed by atoms with van der Waals surface area (Å²) in [6.45, 7) is 5.51. The first kappa shape index (κ1) is 26.0. The number of anilines is 1. The number of ether oxygens (including phenoxy) is 3. The number of allylic oxidation sites excluding steroid dienone is 2. The lowest BCUT2D eigenvalue weighted by Crippen LogP contribution is -2.45. The fourth-order valence-corrected chi connectivity index (χ4v) is 7.35. The molecule has 1 saturated heterocycles. The van der Waals surface area contributed by atoms with E-state index in [9.17, 15) is 13.2 Å². The average molecular weight is 552 g/mol. The number of rotatable bonds is 5. The van der Waals surface area contributed by atoms with Gasteiger partial charge in [-0.05, 0) is 63.1 Å². The zero-order chi connectivity index (χ0) is 27.4. The van der Waals surface area contributed by atoms with Crippen molar-refractivity contribution in [3.05, 3.63) is 59.7 Å². The molecule has 0 spiro atoms. The quantitative estimate of drug-likeness (QED) is 0.525. The maximum Gasteiger partial charge on any atom is 0.251 e. The molecule has 0 unspecified atom stereocenters. The predicted octanol–water partition coefficient (Wildman–Crippen LogP) is 3.76. The summed E-state index contributed by atoms with van der Waals surface area (Å²) in [7, 11) is -2.01. The van der Waals surface area contributed by atoms with Crippen LogP contribution >= 0.6 is 0 Å². The Kier molecular flexibility index (Phi) is 6.52. The summed E-state index contributed by atoms with van der Waals surface area (Å²) in [5.74, 6) is 1.01. The summed E-state index contributed by atoms with van der Waals surface area (Å²) in [5, 5.41) is 6.39. The van der Waals surface area contributed by atoms with Crippen molar-refractivity contribution in [2.75, 3.05) is 38.4 Å². The highest BCUT2D eigenvalue weighted by Crippen LogP contribution is 2.46. The van der Waals surface area contributed by atoms with Crippen molar-refractivity contribution in [2.24, 2.45) is 16.9 Å². The van der Waals surface area contributed by atoms with E-state index in [2.05, 4.69) is 12.2 Å². The lowest BCUT2D eigenvalue weighted by molar-refractivity contribution is -0.123. The standard InChI is InChI=1S/C29H33N3O6S/c1-29(2)18-24-22(12-13-25(36-3)27(24)38-29)26-21-6-4-5-7-23(21)28(33)32(30-26)19-8-10-20(11-9-19)39(34,35)31-14-16-37-17-15-31/h4-5,8-13,21,23H,6-7,14-18H2,1-3H3/t21-,23+/m1/s1. The number of hydrogen-bond donors (Lipinski definition) is 0. The molecular formula is C29H33N3O6S. The van der Waals surface area contributed by atoms with Crippen LogP contribution in [-0.4, -0.2) is 63.4 Å². The molecule has 1 fully saturated rings. The zero-order valence-corrected chi connectivity index (χ0v) is 23.2. The van der Waals surface area contributed by atoms with E-state index in [1.54, 1.807) is 31.4 Å². The monoisotopic (exact) mass is 551 g/mol. The Morgan fingerprint density at radius 1 is 1.00 bits per heavy atom. The highest BCUT2D eigenvalue weighted by Gasteiger charge is 2.43. The van der Waals surface area contributed by atoms with Crippen LogP contribution in [0.25, 0.3) is 0 Å². The van der Waals surface area contributed by atoms with Crippen LogP contribution in [0.1, 0.15) is 37.8 Å². The maximum absolute atomic E-state index is 13.7. The van der Waals surface area contributed by atoms with Gasteiger partial charge in [0.2, 0.25) is 10.0 Å². The molecule has 9 nitrogen and oxygen atoms in total. The van der Waals surface area contributed by atoms with Crippen LogP contribution in [0.3, 0.4) is 0 Å². The number of nitrogens with zero attached hydrogens (tertiary/aromatic N) is 3. The molecule has 3 aliphatic heterocycles. The van der Waals surface area contributed by atoms with Crippen molar-refractivity contribution >= 4 is 27.3 Å². The Balaban J connectivity index is 1.40. The second-order valence-corrected chi connectivity index (χ2v) is 12.9. The Hall–Kier alpha value is -3.21. The molecule has 10 heteroatoms. The first-order chi connectivity index (χ1) is 18.7. The molecule has 3 heterocycles. The number of morpholine rings is 1. The normalized spacial score (nSPS) is 24.5. The van der Waals surface area contributed by atoms with Crippen LogP contribution < -0.4 is 14.5 Å². The van der Waals surface area contributed by atoms with E-state index in [-0.39, 0.29) is 28.2 Å². The van der Waals surface area contributed by atoms with Gasteiger partial charge in [-0.15, -0.1) is 0 Å². The summed E-state index contributed by atoms with van der Waals surface area (Å²) in [6, 6.07) is 10.3. The van der Waals surface area contributed by atoms with E-state index < -0.39 is 10.0 Å². The van der Waals surface area contributed by atoms with E-state index >= 15 is 0 Å². The van der Waals surface area contributed by atoms with Crippen LogP contribution in [0.2, 0.25) is 0 Å². The molecule has 0 bridgehead atoms. The third-order valence-electron chi connectivity index (χ3n) is 7.91. The number of hydrogen-bond acceptors (Lipinski definition) is 7. The Bertz CT molecular complexity index is 1460. The fourth-order valence-electron chi connectivity index (χ4n) is 5.94. The molecule has 1 aliphatic carbocycles. The van der Waals surface area contributed by atoms with Gasteiger partial charge in [-0.1, -0.05) is 12.2 Å². The minimum absolute atomic E-state index is 0.0547. The number of fused-ring (bicyclic) bond motifs is 2. The van der Waals surface area contributed by atoms with Crippen LogP contribution in [0.4, 0.5) is 5.69 Å². The average Bonchev–Trinajstić information content (AvgIpc) is 3.28. The van der Waals surface area contributed by atoms with Crippen molar-refractivity contribution < 1.29 is 27.4 Å². The molecule has 2 aromatic rings. The molecule has 1 amide bonds. The highest BCUT2D eigenvalue weighted by atomic mass is 32.2. The number of methoxy groups -OCH3 is 1. The highest BCUT2D eigenvalue weighted by molar-refractivity contribution is 7.89. The molecule has 6 rings (SSSR count). The third-order valence-corrected chi connectivity index (χ3v) is 9.82. The van der Waals surface area contributed by atoms with Gasteiger partial charge in [0.1, 0.15) is 5.60 Å². The first-order valence-electron chi connectivity index (χ1n) is 13.3. The lowest BCUT2D eigenvalue weighted by Gasteiger charge is -2.37. The van der Waals surface area contributed by atoms with E-state index in [1.807, 2.05) is 26.0 Å². The van der Waals surface area contributed by atoms with Gasteiger partial charge in [0.25, 0.3) is 5.91 Å². The molecule has 2 aromatic carbocycles. The molecule has 4 aliphatic rings. The van der Waals surface area contributed by atoms with Crippen molar-refractivity contribution in [1.82, 2.24) is 4.31 Å². The smallest absolute Gasteiger partial charge is 0.251 e. The third kappa shape index (κ3) is 4.54. The van der Waals surface area contributed by atoms with Crippen molar-refractivity contribution in [1.29, 1.82) is 0 Å². The Morgan fingerprint density at radius 3 is 2.38 bits per heavy atom. The van der Waals surface area contributed by atoms with Crippen LogP contribution in [-0.2, 0) is 26.0 Å². The van der Waals surface area contributed by atoms with Gasteiger partial charge in [0.05, 0.1) is 42.5 Å². The first-order valence-corrected chi connectivity index (χ1v) is 14.8. The van der Waals surface area contributed by atoms with Gasteiger partial charge in [-0.2, -0.15) is 9.41 Å². The number of amides is 1. The molecule has 0 N–H and O–H groups in total. The minimum atomic E-state index is -3.64. The Morgan fingerprint density at radius 2 is 1.69 bits per heavy atom. The number of benzene rings is 2. The summed E-state index contributed by atoms with van der Waals surface area (Å²) in [6.07, 6.45) is 6.23. The fraction of sp³-hybridized carbons (Fsp3) is 0.448. The van der Waals surface area contributed by atoms with Crippen LogP contribution in [0.15, 0.2) is 58.5 Å². The van der Waals surface area contributed by atoms with E-state index in [4.69, 9.17) is 19.3 Å². The van der Waals surface area contributed by atoms with Gasteiger partial charge in [0.15, 0.2) is 11.5 Å². The number of carbonyl (C=O) groups is 1. The van der Waals surface area contributed by atoms with Crippen LogP contribution in [0, 0.1) is 11.8 Å². The predicted molar refractivity (Wildman–Crippen MR) is 147 cm³/mol. The second-order valence-electron chi connectivity index (χ2n) is 11.0. The summed E-state index contributed by atoms with van der Waals surface area (Å²) in [4.78, 5) is 13.9. The minimum Gasteiger partial charge on any atom is -0.493 e. The second kappa shape index (κ2) is 9.76. The summed E-state index contributed by atoms with van der Waals surface area (Å²) in [5.41, 5.74) is 2.99. The number of sulfonamides is 1. The lowest BCUT2D eigenvalue weighted by atomic mass is 9.75. The molecule has 206 valence electrons. The Labute approximate surface area is 229 Å². The van der Waals surface area contributed by atoms with Gasteiger partial charge in [-0.25, -0.2) is 13.4 Å². The summed E-state index contributed by atoms with van der Waals surface area (Å²) >= 11 is 0. The van der Waals surface area contributed by atoms with E-state index in [0.717, 1.165) is 29.0 Å². The van der Waals surface area contributed by atoms with E-state index in [1.165, 1.54) is 9.31 Å². The molecule has 0 saturated carbocycles. The van der Waals surface area contributed by atoms with Crippen molar-refractivity contribution in [3.63, 3.8) is 0 Å². The maximum atomic E-state index is 13.7. The zero-order valence-electron chi connectivity index (χ0n) is 22.4. The van der Waals surface area contributed by atoms with Gasteiger partial charge >= 0.3 is 0 Å². The molecule has 2 atom stereocenters. The van der Waals surface area contributed by atoms with Gasteiger partial charge in [-0.3, -0.25) is 4.79 Å². The molecule has 39 heavy (non-hydrogen) atoms. The molecule has 0 radical (unpaired) electrons. The SMILES string of the molecule is COc1ccc(C2=NN(c3ccc(S(=O)(=O)N4CCOCC4)cc3)C(=O)[C@H]3CC=CC[C@@H]23)c2c1OC(C)(C)C2.